The van der Waals surface area contributed by atoms with Crippen LogP contribution < -0.4 is 4.90 Å². The molecule has 0 N–H and O–H groups in total. The lowest BCUT2D eigenvalue weighted by Crippen LogP contribution is -2.36. The fourth-order valence-corrected chi connectivity index (χ4v) is 6.01. The summed E-state index contributed by atoms with van der Waals surface area (Å²) in [6, 6.07) is 6.55. The van der Waals surface area contributed by atoms with E-state index in [0.29, 0.717) is 16.8 Å². The van der Waals surface area contributed by atoms with Gasteiger partial charge in [0.1, 0.15) is 10.6 Å². The summed E-state index contributed by atoms with van der Waals surface area (Å²) in [6.07, 6.45) is 1.51. The van der Waals surface area contributed by atoms with Crippen LogP contribution in [0.1, 0.15) is 63.9 Å². The molecule has 3 rings (SSSR count). The fourth-order valence-electron chi connectivity index (χ4n) is 3.71. The number of fused-ring (bicyclic) bond motifs is 1. The highest BCUT2D eigenvalue weighted by Gasteiger charge is 2.49. The number of hydrogen-bond donors (Lipinski definition) is 0. The molecule has 182 valence electrons. The molecule has 0 unspecified atom stereocenters. The largest absolute Gasteiger partial charge is 0.422 e. The number of aryl methyl sites for hydroxylation is 1. The van der Waals surface area contributed by atoms with Gasteiger partial charge >= 0.3 is 5.97 Å². The number of hydrogen-bond acceptors (Lipinski definition) is 6. The molecule has 1 amide bonds. The van der Waals surface area contributed by atoms with E-state index in [1.165, 1.54) is 18.0 Å². The summed E-state index contributed by atoms with van der Waals surface area (Å²) < 4.78 is 32.5. The molecule has 0 aliphatic carbocycles. The van der Waals surface area contributed by atoms with Crippen molar-refractivity contribution in [3.8, 4) is 0 Å². The number of anilines is 1. The number of sulfone groups is 1. The molecule has 7 nitrogen and oxygen atoms in total. The van der Waals surface area contributed by atoms with Crippen LogP contribution in [0.4, 0.5) is 5.69 Å². The van der Waals surface area contributed by atoms with Crippen molar-refractivity contribution in [2.75, 3.05) is 11.9 Å². The van der Waals surface area contributed by atoms with Gasteiger partial charge in [-0.2, -0.15) is 0 Å². The van der Waals surface area contributed by atoms with Gasteiger partial charge in [-0.3, -0.25) is 14.6 Å². The first-order valence-electron chi connectivity index (χ1n) is 10.7. The number of pyridine rings is 1. The Labute approximate surface area is 205 Å². The molecule has 1 aromatic heterocycles. The van der Waals surface area contributed by atoms with Gasteiger partial charge in [-0.05, 0) is 53.2 Å². The normalized spacial score (nSPS) is 16.6. The third kappa shape index (κ3) is 4.03. The molecular weight excluding hydrogens is 476 g/mol. The van der Waals surface area contributed by atoms with Crippen molar-refractivity contribution in [1.82, 2.24) is 4.98 Å². The summed E-state index contributed by atoms with van der Waals surface area (Å²) >= 11 is 6.77. The van der Waals surface area contributed by atoms with E-state index < -0.39 is 26.0 Å². The molecule has 34 heavy (non-hydrogen) atoms. The van der Waals surface area contributed by atoms with Gasteiger partial charge in [0.25, 0.3) is 0 Å². The Morgan fingerprint density at radius 2 is 1.76 bits per heavy atom. The Bertz CT molecular complexity index is 1340. The Balaban J connectivity index is 2.49. The molecule has 0 saturated heterocycles. The van der Waals surface area contributed by atoms with Crippen molar-refractivity contribution in [2.24, 2.45) is 5.41 Å². The highest BCUT2D eigenvalue weighted by atomic mass is 35.5. The van der Waals surface area contributed by atoms with Gasteiger partial charge in [0.15, 0.2) is 15.6 Å². The van der Waals surface area contributed by atoms with Crippen molar-refractivity contribution < 1.29 is 22.7 Å². The first-order chi connectivity index (χ1) is 15.5. The number of amides is 1. The first-order valence-corrected chi connectivity index (χ1v) is 12.6. The predicted molar refractivity (Wildman–Crippen MR) is 134 cm³/mol. The van der Waals surface area contributed by atoms with Gasteiger partial charge in [0.2, 0.25) is 5.91 Å². The SMILES string of the molecule is CC(=O)N(C)c1c(C)ccc(C2=C(OC(=O)C(C)(C)C)c3ncccc3C(C)(C)S2(=O)=O)c1Cl. The van der Waals surface area contributed by atoms with Crippen LogP contribution in [-0.4, -0.2) is 32.3 Å². The van der Waals surface area contributed by atoms with Crippen LogP contribution in [0.25, 0.3) is 10.7 Å². The van der Waals surface area contributed by atoms with Crippen LogP contribution in [0.15, 0.2) is 30.5 Å². The number of halogens is 1. The second-order valence-corrected chi connectivity index (χ2v) is 12.7. The monoisotopic (exact) mass is 504 g/mol. The Kier molecular flexibility index (Phi) is 6.48. The number of carbonyl (C=O) groups is 2. The maximum absolute atomic E-state index is 14.1. The van der Waals surface area contributed by atoms with E-state index >= 15 is 0 Å². The van der Waals surface area contributed by atoms with Gasteiger partial charge in [-0.1, -0.05) is 29.8 Å². The summed E-state index contributed by atoms with van der Waals surface area (Å²) in [7, 11) is -2.57. The van der Waals surface area contributed by atoms with E-state index in [0.717, 1.165) is 0 Å². The average Bonchev–Trinajstić information content (AvgIpc) is 2.72. The molecule has 0 saturated carbocycles. The lowest BCUT2D eigenvalue weighted by Gasteiger charge is -2.35. The molecule has 1 aliphatic heterocycles. The van der Waals surface area contributed by atoms with Crippen molar-refractivity contribution in [2.45, 2.75) is 53.2 Å². The summed E-state index contributed by atoms with van der Waals surface area (Å²) in [5, 5.41) is 0.0655. The lowest BCUT2D eigenvalue weighted by molar-refractivity contribution is -0.145. The second kappa shape index (κ2) is 8.50. The van der Waals surface area contributed by atoms with E-state index in [4.69, 9.17) is 16.3 Å². The minimum absolute atomic E-state index is 0.0655. The molecule has 1 aliphatic rings. The number of nitrogens with zero attached hydrogens (tertiary/aromatic N) is 2. The smallest absolute Gasteiger partial charge is 0.316 e. The fraction of sp³-hybridized carbons (Fsp3) is 0.400. The molecular formula is C25H29ClN2O5S. The van der Waals surface area contributed by atoms with Crippen LogP contribution in [-0.2, 0) is 28.9 Å². The third-order valence-corrected chi connectivity index (χ3v) is 8.88. The molecule has 9 heteroatoms. The molecule has 1 aromatic carbocycles. The number of carbonyl (C=O) groups excluding carboxylic acids is 2. The van der Waals surface area contributed by atoms with Crippen molar-refractivity contribution in [3.63, 3.8) is 0 Å². The Hall–Kier alpha value is -2.71. The minimum atomic E-state index is -4.13. The van der Waals surface area contributed by atoms with E-state index in [2.05, 4.69) is 4.98 Å². The second-order valence-electron chi connectivity index (χ2n) is 9.88. The van der Waals surface area contributed by atoms with E-state index in [1.807, 2.05) is 0 Å². The standard InChI is InChI=1S/C25H29ClN2O5S/c1-14-11-12-16(18(26)20(14)28(8)15(2)29)22-21(33-23(30)24(3,4)5)19-17(10-9-13-27-19)25(6,7)34(22,31)32/h9-13H,1-8H3. The van der Waals surface area contributed by atoms with Crippen molar-refractivity contribution in [3.05, 3.63) is 57.9 Å². The van der Waals surface area contributed by atoms with Crippen LogP contribution in [0.3, 0.4) is 0 Å². The summed E-state index contributed by atoms with van der Waals surface area (Å²) in [5.41, 5.74) is 0.969. The third-order valence-electron chi connectivity index (χ3n) is 6.00. The Morgan fingerprint density at radius 3 is 2.32 bits per heavy atom. The quantitative estimate of drug-likeness (QED) is 0.539. The maximum Gasteiger partial charge on any atom is 0.316 e. The van der Waals surface area contributed by atoms with E-state index in [9.17, 15) is 18.0 Å². The minimum Gasteiger partial charge on any atom is -0.422 e. The molecule has 0 atom stereocenters. The van der Waals surface area contributed by atoms with Crippen LogP contribution >= 0.6 is 11.6 Å². The lowest BCUT2D eigenvalue weighted by atomic mass is 9.96. The predicted octanol–water partition coefficient (Wildman–Crippen LogP) is 5.10. The summed E-state index contributed by atoms with van der Waals surface area (Å²) in [6.45, 7) is 11.3. The van der Waals surface area contributed by atoms with E-state index in [-0.39, 0.29) is 32.9 Å². The zero-order valence-corrected chi connectivity index (χ0v) is 22.2. The topological polar surface area (TPSA) is 93.6 Å². The van der Waals surface area contributed by atoms with Crippen LogP contribution in [0, 0.1) is 12.3 Å². The van der Waals surface area contributed by atoms with Gasteiger partial charge in [0, 0.05) is 31.3 Å². The van der Waals surface area contributed by atoms with Crippen LogP contribution in [0.2, 0.25) is 5.02 Å². The first kappa shape index (κ1) is 25.9. The van der Waals surface area contributed by atoms with E-state index in [1.54, 1.807) is 72.9 Å². The number of rotatable bonds is 3. The maximum atomic E-state index is 14.1. The van der Waals surface area contributed by atoms with Gasteiger partial charge < -0.3 is 9.64 Å². The number of aromatic nitrogens is 1. The molecule has 0 spiro atoms. The molecule has 0 bridgehead atoms. The summed E-state index contributed by atoms with van der Waals surface area (Å²) in [4.78, 5) is 30.6. The van der Waals surface area contributed by atoms with Crippen molar-refractivity contribution >= 4 is 49.7 Å². The molecule has 2 aromatic rings. The van der Waals surface area contributed by atoms with Gasteiger partial charge in [0.05, 0.1) is 20.9 Å². The highest BCUT2D eigenvalue weighted by Crippen LogP contribution is 2.51. The molecule has 0 fully saturated rings. The zero-order chi connectivity index (χ0) is 25.8. The number of benzene rings is 1. The van der Waals surface area contributed by atoms with Gasteiger partial charge in [-0.15, -0.1) is 0 Å². The summed E-state index contributed by atoms with van der Waals surface area (Å²) in [5.74, 6) is -1.05. The highest BCUT2D eigenvalue weighted by molar-refractivity contribution is 8.01. The molecule has 2 heterocycles. The zero-order valence-electron chi connectivity index (χ0n) is 20.6. The van der Waals surface area contributed by atoms with Crippen LogP contribution in [0.5, 0.6) is 0 Å². The van der Waals surface area contributed by atoms with Gasteiger partial charge in [-0.25, -0.2) is 8.42 Å². The Morgan fingerprint density at radius 1 is 1.15 bits per heavy atom. The molecule has 0 radical (unpaired) electrons. The average molecular weight is 505 g/mol. The number of esters is 1. The van der Waals surface area contributed by atoms with Crippen molar-refractivity contribution in [1.29, 1.82) is 0 Å². The number of ether oxygens (including phenoxy) is 1.